The molecule has 6 heteroatoms. The number of nitrogens with zero attached hydrogens (tertiary/aromatic N) is 2. The van der Waals surface area contributed by atoms with Crippen LogP contribution in [0.4, 0.5) is 0 Å². The van der Waals surface area contributed by atoms with E-state index in [0.717, 1.165) is 50.9 Å². The molecule has 2 heterocycles. The molecule has 1 aromatic carbocycles. The highest BCUT2D eigenvalue weighted by molar-refractivity contribution is 5.80. The van der Waals surface area contributed by atoms with Gasteiger partial charge in [-0.05, 0) is 50.3 Å². The van der Waals surface area contributed by atoms with Gasteiger partial charge in [-0.15, -0.1) is 0 Å². The van der Waals surface area contributed by atoms with E-state index < -0.39 is 0 Å². The Morgan fingerprint density at radius 1 is 1.21 bits per heavy atom. The molecule has 1 aliphatic heterocycles. The Bertz CT molecular complexity index is 904. The van der Waals surface area contributed by atoms with Crippen LogP contribution in [0.15, 0.2) is 23.0 Å². The Hall–Kier alpha value is -2.37. The van der Waals surface area contributed by atoms with E-state index in [1.807, 2.05) is 13.0 Å². The summed E-state index contributed by atoms with van der Waals surface area (Å²) in [5.41, 5.74) is 0.680. The largest absolute Gasteiger partial charge is 0.484 e. The second-order valence-electron chi connectivity index (χ2n) is 8.56. The second-order valence-corrected chi connectivity index (χ2v) is 8.56. The van der Waals surface area contributed by atoms with Crippen LogP contribution in [0.2, 0.25) is 0 Å². The van der Waals surface area contributed by atoms with E-state index in [9.17, 15) is 9.59 Å². The SMILES string of the molecule is CC(C)CCC[C@H](C)NC(=O)COc1ccc2nc3n(c(=O)c2c1)CCCCC3. The van der Waals surface area contributed by atoms with Gasteiger partial charge in [-0.25, -0.2) is 4.98 Å². The fourth-order valence-electron chi connectivity index (χ4n) is 3.86. The topological polar surface area (TPSA) is 73.2 Å². The van der Waals surface area contributed by atoms with E-state index in [0.29, 0.717) is 22.6 Å². The number of hydrogen-bond acceptors (Lipinski definition) is 4. The number of fused-ring (bicyclic) bond motifs is 2. The van der Waals surface area contributed by atoms with Crippen LogP contribution in [0.25, 0.3) is 10.9 Å². The molecule has 2 aromatic rings. The first-order valence-electron chi connectivity index (χ1n) is 10.9. The Morgan fingerprint density at radius 3 is 2.83 bits per heavy atom. The predicted octanol–water partition coefficient (Wildman–Crippen LogP) is 3.83. The predicted molar refractivity (Wildman–Crippen MR) is 115 cm³/mol. The quantitative estimate of drug-likeness (QED) is 0.732. The van der Waals surface area contributed by atoms with Gasteiger partial charge in [-0.2, -0.15) is 0 Å². The van der Waals surface area contributed by atoms with Crippen molar-refractivity contribution in [1.29, 1.82) is 0 Å². The molecule has 0 saturated carbocycles. The number of rotatable bonds is 8. The highest BCUT2D eigenvalue weighted by Gasteiger charge is 2.15. The lowest BCUT2D eigenvalue weighted by molar-refractivity contribution is -0.123. The monoisotopic (exact) mass is 399 g/mol. The molecule has 1 aromatic heterocycles. The lowest BCUT2D eigenvalue weighted by Crippen LogP contribution is -2.36. The molecule has 0 radical (unpaired) electrons. The van der Waals surface area contributed by atoms with E-state index in [1.165, 1.54) is 6.42 Å². The summed E-state index contributed by atoms with van der Waals surface area (Å²) in [6, 6.07) is 5.43. The molecule has 1 amide bonds. The van der Waals surface area contributed by atoms with Crippen molar-refractivity contribution in [2.45, 2.75) is 78.3 Å². The molecular weight excluding hydrogens is 366 g/mol. The lowest BCUT2D eigenvalue weighted by Gasteiger charge is -2.15. The van der Waals surface area contributed by atoms with Gasteiger partial charge in [0.25, 0.3) is 11.5 Å². The Morgan fingerprint density at radius 2 is 2.03 bits per heavy atom. The van der Waals surface area contributed by atoms with Crippen molar-refractivity contribution in [2.24, 2.45) is 5.92 Å². The second kappa shape index (κ2) is 9.90. The number of carbonyl (C=O) groups is 1. The number of benzene rings is 1. The summed E-state index contributed by atoms with van der Waals surface area (Å²) in [7, 11) is 0. The standard InChI is InChI=1S/C23H33N3O3/c1-16(2)8-7-9-17(3)24-22(27)15-29-18-11-12-20-19(14-18)23(28)26-13-6-4-5-10-21(26)25-20/h11-12,14,16-17H,4-10,13,15H2,1-3H3,(H,24,27)/t17-/m0/s1. The number of hydrogen-bond donors (Lipinski definition) is 1. The molecule has 0 spiro atoms. The molecule has 1 aliphatic rings. The molecule has 0 saturated heterocycles. The average Bonchev–Trinajstić information content (AvgIpc) is 2.92. The van der Waals surface area contributed by atoms with Gasteiger partial charge >= 0.3 is 0 Å². The van der Waals surface area contributed by atoms with Crippen molar-refractivity contribution in [3.8, 4) is 5.75 Å². The fourth-order valence-corrected chi connectivity index (χ4v) is 3.86. The van der Waals surface area contributed by atoms with Crippen LogP contribution >= 0.6 is 0 Å². The van der Waals surface area contributed by atoms with Gasteiger partial charge in [0.05, 0.1) is 10.9 Å². The summed E-state index contributed by atoms with van der Waals surface area (Å²) in [6.45, 7) is 7.10. The van der Waals surface area contributed by atoms with Gasteiger partial charge in [0.1, 0.15) is 11.6 Å². The van der Waals surface area contributed by atoms with Gasteiger partial charge in [0.2, 0.25) is 0 Å². The van der Waals surface area contributed by atoms with Crippen LogP contribution in [0.5, 0.6) is 5.75 Å². The molecule has 1 N–H and O–H groups in total. The molecule has 0 unspecified atom stereocenters. The van der Waals surface area contributed by atoms with Gasteiger partial charge in [0, 0.05) is 19.0 Å². The van der Waals surface area contributed by atoms with Gasteiger partial charge in [-0.3, -0.25) is 14.2 Å². The highest BCUT2D eigenvalue weighted by atomic mass is 16.5. The summed E-state index contributed by atoms with van der Waals surface area (Å²) in [6.07, 6.45) is 7.29. The van der Waals surface area contributed by atoms with E-state index in [2.05, 4.69) is 24.1 Å². The smallest absolute Gasteiger partial charge is 0.261 e. The Kier molecular flexibility index (Phi) is 7.29. The third-order valence-electron chi connectivity index (χ3n) is 5.48. The number of amides is 1. The number of carbonyl (C=O) groups excluding carboxylic acids is 1. The molecule has 158 valence electrons. The average molecular weight is 400 g/mol. The summed E-state index contributed by atoms with van der Waals surface area (Å²) < 4.78 is 7.45. The first-order valence-corrected chi connectivity index (χ1v) is 10.9. The van der Waals surface area contributed by atoms with Gasteiger partial charge < -0.3 is 10.1 Å². The van der Waals surface area contributed by atoms with E-state index in [4.69, 9.17) is 4.74 Å². The molecule has 6 nitrogen and oxygen atoms in total. The molecule has 1 atom stereocenters. The van der Waals surface area contributed by atoms with Crippen LogP contribution in [0.1, 0.15) is 65.1 Å². The van der Waals surface area contributed by atoms with Crippen LogP contribution in [-0.2, 0) is 17.8 Å². The van der Waals surface area contributed by atoms with Gasteiger partial charge in [-0.1, -0.05) is 33.1 Å². The number of aryl methyl sites for hydroxylation is 1. The highest BCUT2D eigenvalue weighted by Crippen LogP contribution is 2.19. The van der Waals surface area contributed by atoms with Crippen LogP contribution < -0.4 is 15.6 Å². The maximum Gasteiger partial charge on any atom is 0.261 e. The zero-order chi connectivity index (χ0) is 20.8. The first-order chi connectivity index (χ1) is 13.9. The zero-order valence-electron chi connectivity index (χ0n) is 17.9. The zero-order valence-corrected chi connectivity index (χ0v) is 17.9. The normalized spacial score (nSPS) is 15.0. The van der Waals surface area contributed by atoms with Crippen LogP contribution in [-0.4, -0.2) is 28.1 Å². The molecule has 0 aliphatic carbocycles. The minimum atomic E-state index is -0.140. The summed E-state index contributed by atoms with van der Waals surface area (Å²) in [5, 5.41) is 3.53. The summed E-state index contributed by atoms with van der Waals surface area (Å²) in [4.78, 5) is 29.7. The maximum absolute atomic E-state index is 12.9. The number of aromatic nitrogens is 2. The van der Waals surface area contributed by atoms with Crippen molar-refractivity contribution >= 4 is 16.8 Å². The van der Waals surface area contributed by atoms with Crippen molar-refractivity contribution in [3.05, 3.63) is 34.4 Å². The molecule has 29 heavy (non-hydrogen) atoms. The van der Waals surface area contributed by atoms with Gasteiger partial charge in [0.15, 0.2) is 6.61 Å². The van der Waals surface area contributed by atoms with E-state index in [1.54, 1.807) is 16.7 Å². The Balaban J connectivity index is 1.61. The molecule has 3 rings (SSSR count). The third kappa shape index (κ3) is 5.81. The summed E-state index contributed by atoms with van der Waals surface area (Å²) >= 11 is 0. The van der Waals surface area contributed by atoms with Crippen molar-refractivity contribution in [2.75, 3.05) is 6.61 Å². The number of nitrogens with one attached hydrogen (secondary N) is 1. The Labute approximate surface area is 172 Å². The molecule has 0 bridgehead atoms. The third-order valence-corrected chi connectivity index (χ3v) is 5.48. The van der Waals surface area contributed by atoms with Crippen molar-refractivity contribution in [1.82, 2.24) is 14.9 Å². The minimum Gasteiger partial charge on any atom is -0.484 e. The van der Waals surface area contributed by atoms with Crippen LogP contribution in [0.3, 0.4) is 0 Å². The number of ether oxygens (including phenoxy) is 1. The maximum atomic E-state index is 12.9. The van der Waals surface area contributed by atoms with Crippen molar-refractivity contribution in [3.63, 3.8) is 0 Å². The van der Waals surface area contributed by atoms with E-state index >= 15 is 0 Å². The molecular formula is C23H33N3O3. The minimum absolute atomic E-state index is 0.0134. The lowest BCUT2D eigenvalue weighted by atomic mass is 10.0. The summed E-state index contributed by atoms with van der Waals surface area (Å²) in [5.74, 6) is 1.94. The first kappa shape index (κ1) is 21.3. The van der Waals surface area contributed by atoms with E-state index in [-0.39, 0.29) is 24.1 Å². The fraction of sp³-hybridized carbons (Fsp3) is 0.609. The molecule has 0 fully saturated rings. The van der Waals surface area contributed by atoms with Crippen LogP contribution in [0, 0.1) is 5.92 Å². The van der Waals surface area contributed by atoms with Crippen molar-refractivity contribution < 1.29 is 9.53 Å².